The van der Waals surface area contributed by atoms with Crippen LogP contribution in [0.4, 0.5) is 5.69 Å². The van der Waals surface area contributed by atoms with Crippen LogP contribution in [0, 0.1) is 5.92 Å². The SMILES string of the molecule is COCCC(=O)Nc1ccc2n(c1=O)C[C@H]1C[C@@H]2CN(C(=O)c2cnccn2)C1. The van der Waals surface area contributed by atoms with E-state index in [1.165, 1.54) is 25.7 Å². The minimum Gasteiger partial charge on any atom is -0.384 e. The van der Waals surface area contributed by atoms with Gasteiger partial charge >= 0.3 is 0 Å². The van der Waals surface area contributed by atoms with Gasteiger partial charge in [0.2, 0.25) is 5.91 Å². The Morgan fingerprint density at radius 1 is 1.24 bits per heavy atom. The second-order valence-corrected chi connectivity index (χ2v) is 7.48. The molecule has 0 saturated carbocycles. The number of fused-ring (bicyclic) bond motifs is 4. The summed E-state index contributed by atoms with van der Waals surface area (Å²) in [6.07, 6.45) is 5.65. The number of pyridine rings is 1. The highest BCUT2D eigenvalue weighted by atomic mass is 16.5. The van der Waals surface area contributed by atoms with E-state index < -0.39 is 0 Å². The van der Waals surface area contributed by atoms with Gasteiger partial charge in [-0.15, -0.1) is 0 Å². The molecule has 0 unspecified atom stereocenters. The Balaban J connectivity index is 1.54. The number of anilines is 1. The Hall–Kier alpha value is -3.07. The van der Waals surface area contributed by atoms with Gasteiger partial charge in [0.25, 0.3) is 11.5 Å². The first-order valence-corrected chi connectivity index (χ1v) is 9.64. The highest BCUT2D eigenvalue weighted by Gasteiger charge is 2.37. The normalized spacial score (nSPS) is 20.1. The summed E-state index contributed by atoms with van der Waals surface area (Å²) in [6, 6.07) is 3.53. The third-order valence-electron chi connectivity index (χ3n) is 5.48. The zero-order chi connectivity index (χ0) is 20.4. The lowest BCUT2D eigenvalue weighted by molar-refractivity contribution is -0.117. The number of carbonyl (C=O) groups excluding carboxylic acids is 2. The molecule has 4 rings (SSSR count). The zero-order valence-corrected chi connectivity index (χ0v) is 16.2. The largest absolute Gasteiger partial charge is 0.384 e. The van der Waals surface area contributed by atoms with Gasteiger partial charge in [0.15, 0.2) is 0 Å². The van der Waals surface area contributed by atoms with Crippen LogP contribution in [0.25, 0.3) is 0 Å². The quantitative estimate of drug-likeness (QED) is 0.803. The second-order valence-electron chi connectivity index (χ2n) is 7.48. The van der Waals surface area contributed by atoms with Gasteiger partial charge in [0.1, 0.15) is 11.4 Å². The molecule has 9 heteroatoms. The highest BCUT2D eigenvalue weighted by molar-refractivity contribution is 5.92. The fraction of sp³-hybridized carbons (Fsp3) is 0.450. The number of likely N-dealkylation sites (tertiary alicyclic amines) is 1. The maximum Gasteiger partial charge on any atom is 0.274 e. The molecule has 2 aliphatic heterocycles. The number of amides is 2. The van der Waals surface area contributed by atoms with E-state index in [4.69, 9.17) is 4.74 Å². The molecule has 2 amide bonds. The van der Waals surface area contributed by atoms with Crippen LogP contribution in [0.5, 0.6) is 0 Å². The van der Waals surface area contributed by atoms with Gasteiger partial charge in [-0.25, -0.2) is 4.98 Å². The standard InChI is InChI=1S/C20H23N5O4/c1-29-7-4-18(26)23-15-2-3-17-14-8-13(11-25(17)20(15)28)10-24(12-14)19(27)16-9-21-5-6-22-16/h2-3,5-6,9,13-14H,4,7-8,10-12H2,1H3,(H,23,26)/t13-,14+/m0/s1. The van der Waals surface area contributed by atoms with Gasteiger partial charge in [0, 0.05) is 50.7 Å². The summed E-state index contributed by atoms with van der Waals surface area (Å²) in [5.41, 5.74) is 1.32. The molecule has 152 valence electrons. The second kappa shape index (κ2) is 8.12. The van der Waals surface area contributed by atoms with Gasteiger partial charge in [-0.2, -0.15) is 0 Å². The highest BCUT2D eigenvalue weighted by Crippen LogP contribution is 2.35. The topological polar surface area (TPSA) is 106 Å². The number of piperidine rings is 1. The molecule has 2 aromatic heterocycles. The summed E-state index contributed by atoms with van der Waals surface area (Å²) in [7, 11) is 1.53. The summed E-state index contributed by atoms with van der Waals surface area (Å²) in [5, 5.41) is 2.68. The molecule has 2 atom stereocenters. The Kier molecular flexibility index (Phi) is 5.39. The summed E-state index contributed by atoms with van der Waals surface area (Å²) < 4.78 is 6.64. The van der Waals surface area contributed by atoms with Crippen molar-refractivity contribution in [2.75, 3.05) is 32.1 Å². The predicted octanol–water partition coefficient (Wildman–Crippen LogP) is 0.873. The molecule has 0 aromatic carbocycles. The number of rotatable bonds is 5. The molecule has 1 fully saturated rings. The third kappa shape index (κ3) is 3.91. The molecule has 0 spiro atoms. The van der Waals surface area contributed by atoms with Crippen molar-refractivity contribution in [1.82, 2.24) is 19.4 Å². The van der Waals surface area contributed by atoms with Gasteiger partial charge in [-0.05, 0) is 24.5 Å². The van der Waals surface area contributed by atoms with Crippen LogP contribution in [-0.4, -0.2) is 58.1 Å². The number of hydrogen-bond donors (Lipinski definition) is 1. The summed E-state index contributed by atoms with van der Waals surface area (Å²) in [5.74, 6) is -0.125. The molecule has 0 aliphatic carbocycles. The number of hydrogen-bond acceptors (Lipinski definition) is 6. The van der Waals surface area contributed by atoms with Gasteiger partial charge in [-0.3, -0.25) is 19.4 Å². The van der Waals surface area contributed by atoms with E-state index in [9.17, 15) is 14.4 Å². The van der Waals surface area contributed by atoms with E-state index in [1.807, 2.05) is 6.07 Å². The molecule has 4 heterocycles. The minimum absolute atomic E-state index is 0.0778. The third-order valence-corrected chi connectivity index (χ3v) is 5.48. The molecule has 2 aromatic rings. The monoisotopic (exact) mass is 397 g/mol. The lowest BCUT2D eigenvalue weighted by atomic mass is 9.83. The maximum absolute atomic E-state index is 12.9. The molecule has 1 saturated heterocycles. The van der Waals surface area contributed by atoms with Crippen LogP contribution in [0.15, 0.2) is 35.5 Å². The Bertz CT molecular complexity index is 975. The van der Waals surface area contributed by atoms with Crippen molar-refractivity contribution in [1.29, 1.82) is 0 Å². The molecule has 9 nitrogen and oxygen atoms in total. The fourth-order valence-corrected chi connectivity index (χ4v) is 4.19. The van der Waals surface area contributed by atoms with Crippen molar-refractivity contribution < 1.29 is 14.3 Å². The fourth-order valence-electron chi connectivity index (χ4n) is 4.19. The number of nitrogens with zero attached hydrogens (tertiary/aromatic N) is 4. The number of carbonyl (C=O) groups is 2. The van der Waals surface area contributed by atoms with Crippen molar-refractivity contribution in [3.63, 3.8) is 0 Å². The molecule has 1 N–H and O–H groups in total. The number of ether oxygens (including phenoxy) is 1. The first-order valence-electron chi connectivity index (χ1n) is 9.64. The van der Waals surface area contributed by atoms with E-state index in [1.54, 1.807) is 15.5 Å². The van der Waals surface area contributed by atoms with Crippen molar-refractivity contribution in [2.45, 2.75) is 25.3 Å². The molecular weight excluding hydrogens is 374 g/mol. The van der Waals surface area contributed by atoms with Gasteiger partial charge in [-0.1, -0.05) is 0 Å². The first kappa shape index (κ1) is 19.3. The Morgan fingerprint density at radius 2 is 2.10 bits per heavy atom. The van der Waals surface area contributed by atoms with Crippen LogP contribution in [0.3, 0.4) is 0 Å². The van der Waals surface area contributed by atoms with Crippen molar-refractivity contribution >= 4 is 17.5 Å². The van der Waals surface area contributed by atoms with E-state index in [0.717, 1.165) is 12.1 Å². The van der Waals surface area contributed by atoms with Crippen LogP contribution in [0.2, 0.25) is 0 Å². The number of nitrogens with one attached hydrogen (secondary N) is 1. The van der Waals surface area contributed by atoms with Crippen molar-refractivity contribution in [3.05, 3.63) is 52.5 Å². The lowest BCUT2D eigenvalue weighted by Crippen LogP contribution is -2.49. The first-order chi connectivity index (χ1) is 14.1. The van der Waals surface area contributed by atoms with Crippen molar-refractivity contribution in [3.8, 4) is 0 Å². The summed E-state index contributed by atoms with van der Waals surface area (Å²) in [6.45, 7) is 1.93. The van der Waals surface area contributed by atoms with Crippen molar-refractivity contribution in [2.24, 2.45) is 5.92 Å². The van der Waals surface area contributed by atoms with Crippen LogP contribution in [0.1, 0.15) is 34.9 Å². The van der Waals surface area contributed by atoms with Crippen LogP contribution >= 0.6 is 0 Å². The zero-order valence-electron chi connectivity index (χ0n) is 16.2. The maximum atomic E-state index is 12.9. The van der Waals surface area contributed by atoms with E-state index in [-0.39, 0.29) is 41.3 Å². The summed E-state index contributed by atoms with van der Waals surface area (Å²) in [4.78, 5) is 47.5. The van der Waals surface area contributed by atoms with E-state index >= 15 is 0 Å². The van der Waals surface area contributed by atoms with E-state index in [2.05, 4.69) is 15.3 Å². The Labute approximate surface area is 167 Å². The lowest BCUT2D eigenvalue weighted by Gasteiger charge is -2.42. The van der Waals surface area contributed by atoms with E-state index in [0.29, 0.717) is 31.9 Å². The van der Waals surface area contributed by atoms with Crippen LogP contribution in [-0.2, 0) is 16.1 Å². The number of aromatic nitrogens is 3. The Morgan fingerprint density at radius 3 is 2.86 bits per heavy atom. The smallest absolute Gasteiger partial charge is 0.274 e. The predicted molar refractivity (Wildman–Crippen MR) is 105 cm³/mol. The molecular formula is C20H23N5O4. The molecule has 0 radical (unpaired) electrons. The molecule has 2 aliphatic rings. The minimum atomic E-state index is -0.249. The average molecular weight is 397 g/mol. The molecule has 29 heavy (non-hydrogen) atoms. The molecule has 2 bridgehead atoms. The van der Waals surface area contributed by atoms with Gasteiger partial charge < -0.3 is 19.5 Å². The summed E-state index contributed by atoms with van der Waals surface area (Å²) >= 11 is 0. The number of methoxy groups -OCH3 is 1. The van der Waals surface area contributed by atoms with Crippen LogP contribution < -0.4 is 10.9 Å². The van der Waals surface area contributed by atoms with Gasteiger partial charge in [0.05, 0.1) is 19.2 Å². The average Bonchev–Trinajstić information content (AvgIpc) is 2.74.